The van der Waals surface area contributed by atoms with Gasteiger partial charge in [-0.1, -0.05) is 13.3 Å². The molecule has 2 nitrogen and oxygen atoms in total. The van der Waals surface area contributed by atoms with Crippen LogP contribution >= 0.6 is 12.6 Å². The minimum Gasteiger partial charge on any atom is -0.481 e. The van der Waals surface area contributed by atoms with Crippen molar-refractivity contribution in [3.05, 3.63) is 0 Å². The summed E-state index contributed by atoms with van der Waals surface area (Å²) >= 11 is 4.30. The van der Waals surface area contributed by atoms with Gasteiger partial charge in [-0.2, -0.15) is 12.6 Å². The Kier molecular flexibility index (Phi) is 5.38. The number of carbonyl (C=O) groups is 1. The monoisotopic (exact) mass is 190 g/mol. The van der Waals surface area contributed by atoms with Crippen LogP contribution in [0.4, 0.5) is 0 Å². The average Bonchev–Trinajstić information content (AvgIpc) is 2.69. The lowest BCUT2D eigenvalue weighted by Crippen LogP contribution is -1.99. The number of carboxylic acids is 1. The van der Waals surface area contributed by atoms with Crippen molar-refractivity contribution in [1.29, 1.82) is 0 Å². The molecule has 1 aliphatic rings. The highest BCUT2D eigenvalue weighted by molar-refractivity contribution is 7.80. The zero-order valence-corrected chi connectivity index (χ0v) is 8.73. The van der Waals surface area contributed by atoms with Gasteiger partial charge in [0, 0.05) is 6.92 Å². The normalized spacial score (nSPS) is 17.6. The van der Waals surface area contributed by atoms with Gasteiger partial charge in [-0.3, -0.25) is 4.79 Å². The summed E-state index contributed by atoms with van der Waals surface area (Å²) in [6.45, 7) is 3.34. The number of carboxylic acid groups (broad SMARTS) is 1. The molecule has 0 spiro atoms. The number of thiol groups is 1. The fraction of sp³-hybridized carbons (Fsp3) is 0.889. The number of rotatable bonds is 3. The van der Waals surface area contributed by atoms with Gasteiger partial charge in [0.15, 0.2) is 0 Å². The molecular weight excluding hydrogens is 172 g/mol. The minimum absolute atomic E-state index is 0.706. The first kappa shape index (κ1) is 11.8. The van der Waals surface area contributed by atoms with Gasteiger partial charge in [0.05, 0.1) is 0 Å². The van der Waals surface area contributed by atoms with E-state index in [0.717, 1.165) is 12.7 Å². The van der Waals surface area contributed by atoms with Gasteiger partial charge in [-0.25, -0.2) is 0 Å². The van der Waals surface area contributed by atoms with Crippen LogP contribution in [0.15, 0.2) is 0 Å². The Morgan fingerprint density at radius 3 is 2.08 bits per heavy atom. The molecule has 1 aliphatic carbocycles. The lowest BCUT2D eigenvalue weighted by atomic mass is 10.0. The van der Waals surface area contributed by atoms with Gasteiger partial charge in [0.1, 0.15) is 0 Å². The SMILES string of the molecule is CC(=O)O.CCCC1(CS)CC1. The van der Waals surface area contributed by atoms with E-state index in [2.05, 4.69) is 19.6 Å². The van der Waals surface area contributed by atoms with Crippen LogP contribution in [0.1, 0.15) is 39.5 Å². The molecule has 0 bridgehead atoms. The van der Waals surface area contributed by atoms with E-state index in [9.17, 15) is 0 Å². The van der Waals surface area contributed by atoms with Crippen molar-refractivity contribution < 1.29 is 9.90 Å². The zero-order chi connectivity index (χ0) is 9.61. The Balaban J connectivity index is 0.000000261. The molecule has 72 valence electrons. The maximum Gasteiger partial charge on any atom is 0.300 e. The first-order valence-electron chi connectivity index (χ1n) is 4.37. The third-order valence-corrected chi connectivity index (χ3v) is 2.74. The summed E-state index contributed by atoms with van der Waals surface area (Å²) in [4.78, 5) is 9.00. The van der Waals surface area contributed by atoms with Crippen molar-refractivity contribution in [2.24, 2.45) is 5.41 Å². The van der Waals surface area contributed by atoms with E-state index in [0.29, 0.717) is 5.41 Å². The maximum atomic E-state index is 9.00. The summed E-state index contributed by atoms with van der Waals surface area (Å²) in [6.07, 6.45) is 5.60. The van der Waals surface area contributed by atoms with Gasteiger partial charge >= 0.3 is 0 Å². The van der Waals surface area contributed by atoms with E-state index in [1.807, 2.05) is 0 Å². The van der Waals surface area contributed by atoms with Gasteiger partial charge in [0.2, 0.25) is 0 Å². The highest BCUT2D eigenvalue weighted by Crippen LogP contribution is 2.50. The third kappa shape index (κ3) is 5.47. The smallest absolute Gasteiger partial charge is 0.300 e. The van der Waals surface area contributed by atoms with E-state index < -0.39 is 5.97 Å². The van der Waals surface area contributed by atoms with E-state index in [4.69, 9.17) is 9.90 Å². The third-order valence-electron chi connectivity index (χ3n) is 2.07. The molecule has 1 saturated carbocycles. The highest BCUT2D eigenvalue weighted by Gasteiger charge is 2.39. The lowest BCUT2D eigenvalue weighted by molar-refractivity contribution is -0.134. The maximum absolute atomic E-state index is 9.00. The Morgan fingerprint density at radius 2 is 2.00 bits per heavy atom. The molecule has 1 N–H and O–H groups in total. The summed E-state index contributed by atoms with van der Waals surface area (Å²) < 4.78 is 0. The fourth-order valence-corrected chi connectivity index (χ4v) is 1.67. The van der Waals surface area contributed by atoms with Crippen LogP contribution in [0.2, 0.25) is 0 Å². The Morgan fingerprint density at radius 1 is 1.58 bits per heavy atom. The van der Waals surface area contributed by atoms with Crippen LogP contribution in [-0.2, 0) is 4.79 Å². The van der Waals surface area contributed by atoms with Crippen LogP contribution in [0.5, 0.6) is 0 Å². The van der Waals surface area contributed by atoms with Crippen LogP contribution in [-0.4, -0.2) is 16.8 Å². The molecule has 3 heteroatoms. The molecule has 0 saturated heterocycles. The first-order valence-corrected chi connectivity index (χ1v) is 5.00. The number of hydrogen-bond donors (Lipinski definition) is 2. The van der Waals surface area contributed by atoms with Crippen molar-refractivity contribution >= 4 is 18.6 Å². The number of hydrogen-bond acceptors (Lipinski definition) is 2. The predicted molar refractivity (Wildman–Crippen MR) is 53.7 cm³/mol. The molecule has 0 radical (unpaired) electrons. The predicted octanol–water partition coefficient (Wildman–Crippen LogP) is 2.59. The van der Waals surface area contributed by atoms with Gasteiger partial charge < -0.3 is 5.11 Å². The molecule has 1 fully saturated rings. The topological polar surface area (TPSA) is 37.3 Å². The van der Waals surface area contributed by atoms with Crippen molar-refractivity contribution in [1.82, 2.24) is 0 Å². The Hall–Kier alpha value is -0.180. The molecule has 1 rings (SSSR count). The molecule has 0 heterocycles. The summed E-state index contributed by atoms with van der Waals surface area (Å²) in [7, 11) is 0. The second kappa shape index (κ2) is 5.46. The molecule has 0 unspecified atom stereocenters. The summed E-state index contributed by atoms with van der Waals surface area (Å²) in [5.74, 6) is 0.279. The zero-order valence-electron chi connectivity index (χ0n) is 7.84. The number of aliphatic carboxylic acids is 1. The molecule has 0 aromatic rings. The fourth-order valence-electron chi connectivity index (χ4n) is 1.19. The molecule has 0 atom stereocenters. The van der Waals surface area contributed by atoms with Crippen LogP contribution in [0.25, 0.3) is 0 Å². The van der Waals surface area contributed by atoms with E-state index in [1.165, 1.54) is 25.7 Å². The molecule has 12 heavy (non-hydrogen) atoms. The van der Waals surface area contributed by atoms with Crippen LogP contribution in [0, 0.1) is 5.41 Å². The average molecular weight is 190 g/mol. The minimum atomic E-state index is -0.833. The molecule has 0 aromatic heterocycles. The van der Waals surface area contributed by atoms with E-state index in [1.54, 1.807) is 0 Å². The molecular formula is C9H18O2S. The second-order valence-corrected chi connectivity index (χ2v) is 3.74. The second-order valence-electron chi connectivity index (χ2n) is 3.43. The first-order chi connectivity index (χ1) is 5.56. The standard InChI is InChI=1S/C7H14S.C2H4O2/c1-2-3-7(6-8)4-5-7;1-2(3)4/h8H,2-6H2,1H3;1H3,(H,3,4). The summed E-state index contributed by atoms with van der Waals surface area (Å²) in [5, 5.41) is 7.42. The highest BCUT2D eigenvalue weighted by atomic mass is 32.1. The van der Waals surface area contributed by atoms with Crippen molar-refractivity contribution in [3.8, 4) is 0 Å². The summed E-state index contributed by atoms with van der Waals surface area (Å²) in [6, 6.07) is 0. The quantitative estimate of drug-likeness (QED) is 0.671. The van der Waals surface area contributed by atoms with Crippen LogP contribution < -0.4 is 0 Å². The lowest BCUT2D eigenvalue weighted by Gasteiger charge is -2.07. The van der Waals surface area contributed by atoms with E-state index in [-0.39, 0.29) is 0 Å². The van der Waals surface area contributed by atoms with Gasteiger partial charge in [-0.15, -0.1) is 0 Å². The van der Waals surface area contributed by atoms with Crippen LogP contribution in [0.3, 0.4) is 0 Å². The molecule has 0 aromatic carbocycles. The molecule has 0 aliphatic heterocycles. The van der Waals surface area contributed by atoms with Crippen molar-refractivity contribution in [3.63, 3.8) is 0 Å². The van der Waals surface area contributed by atoms with Crippen molar-refractivity contribution in [2.75, 3.05) is 5.75 Å². The largest absolute Gasteiger partial charge is 0.481 e. The van der Waals surface area contributed by atoms with Crippen molar-refractivity contribution in [2.45, 2.75) is 39.5 Å². The van der Waals surface area contributed by atoms with Gasteiger partial charge in [0.25, 0.3) is 5.97 Å². The van der Waals surface area contributed by atoms with Gasteiger partial charge in [-0.05, 0) is 30.4 Å². The Bertz CT molecular complexity index is 137. The van der Waals surface area contributed by atoms with E-state index >= 15 is 0 Å². The molecule has 0 amide bonds. The summed E-state index contributed by atoms with van der Waals surface area (Å²) in [5.41, 5.74) is 0.706. The Labute approximate surface area is 79.8 Å².